The molecule has 5 heterocycles. The van der Waals surface area contributed by atoms with Gasteiger partial charge in [0.25, 0.3) is 0 Å². The predicted octanol–water partition coefficient (Wildman–Crippen LogP) is 3.86. The normalized spacial score (nSPS) is 16.9. The topological polar surface area (TPSA) is 73.6 Å². The molecule has 1 atom stereocenters. The fourth-order valence-electron chi connectivity index (χ4n) is 4.34. The lowest BCUT2D eigenvalue weighted by Crippen LogP contribution is -2.13. The molecule has 7 nitrogen and oxygen atoms in total. The van der Waals surface area contributed by atoms with Gasteiger partial charge in [0.15, 0.2) is 23.0 Å². The van der Waals surface area contributed by atoms with Crippen molar-refractivity contribution in [1.82, 2.24) is 19.6 Å². The first-order chi connectivity index (χ1) is 15.1. The smallest absolute Gasteiger partial charge is 0.170 e. The number of benzene rings is 1. The Labute approximate surface area is 175 Å². The summed E-state index contributed by atoms with van der Waals surface area (Å²) in [5, 5.41) is 11.5. The van der Waals surface area contributed by atoms with Crippen LogP contribution in [0.15, 0.2) is 36.8 Å². The van der Waals surface area contributed by atoms with Crippen molar-refractivity contribution >= 4 is 11.5 Å². The zero-order valence-corrected chi connectivity index (χ0v) is 16.5. The molecule has 31 heavy (non-hydrogen) atoms. The molecule has 1 aromatic carbocycles. The van der Waals surface area contributed by atoms with Crippen LogP contribution in [0.1, 0.15) is 22.7 Å². The van der Waals surface area contributed by atoms with E-state index in [0.29, 0.717) is 58.6 Å². The number of hydrogen-bond donors (Lipinski definition) is 1. The quantitative estimate of drug-likeness (QED) is 0.503. The first-order valence-corrected chi connectivity index (χ1v) is 9.90. The Hall–Kier alpha value is -3.75. The summed E-state index contributed by atoms with van der Waals surface area (Å²) in [6.07, 6.45) is 3.08. The largest absolute Gasteiger partial charge is 0.493 e. The van der Waals surface area contributed by atoms with E-state index in [4.69, 9.17) is 9.47 Å². The average molecular weight is 421 g/mol. The summed E-state index contributed by atoms with van der Waals surface area (Å²) in [7, 11) is 0. The highest BCUT2D eigenvalue weighted by Gasteiger charge is 2.31. The number of fused-ring (bicyclic) bond motifs is 3. The second kappa shape index (κ2) is 6.63. The number of nitrogens with zero attached hydrogens (tertiary/aromatic N) is 4. The van der Waals surface area contributed by atoms with Crippen LogP contribution in [0.2, 0.25) is 0 Å². The SMILES string of the molecule is Cc1nccc(-c2cc3c(n4cnnc24)NCc2c(F)ccc4c2[C@H](CO4)CO3)c1F. The number of rotatable bonds is 1. The lowest BCUT2D eigenvalue weighted by molar-refractivity contribution is 0.249. The lowest BCUT2D eigenvalue weighted by Gasteiger charge is -2.17. The monoisotopic (exact) mass is 421 g/mol. The van der Waals surface area contributed by atoms with E-state index in [2.05, 4.69) is 20.5 Å². The van der Waals surface area contributed by atoms with Crippen molar-refractivity contribution in [3.63, 3.8) is 0 Å². The molecule has 0 saturated carbocycles. The molecule has 2 aliphatic heterocycles. The second-order valence-electron chi connectivity index (χ2n) is 7.66. The molecular formula is C22H17F2N5O2. The van der Waals surface area contributed by atoms with Crippen molar-refractivity contribution in [2.75, 3.05) is 18.5 Å². The Kier molecular flexibility index (Phi) is 3.86. The summed E-state index contributed by atoms with van der Waals surface area (Å²) in [4.78, 5) is 4.01. The van der Waals surface area contributed by atoms with Crippen LogP contribution in [0.25, 0.3) is 16.8 Å². The number of ether oxygens (including phenoxy) is 2. The van der Waals surface area contributed by atoms with Crippen LogP contribution in [0.4, 0.5) is 14.6 Å². The van der Waals surface area contributed by atoms with Crippen LogP contribution in [0.5, 0.6) is 11.5 Å². The molecule has 3 aromatic heterocycles. The minimum Gasteiger partial charge on any atom is -0.493 e. The number of aromatic nitrogens is 4. The van der Waals surface area contributed by atoms with Gasteiger partial charge >= 0.3 is 0 Å². The van der Waals surface area contributed by atoms with E-state index in [1.165, 1.54) is 12.4 Å². The third-order valence-corrected chi connectivity index (χ3v) is 5.87. The van der Waals surface area contributed by atoms with Crippen LogP contribution in [-0.2, 0) is 6.54 Å². The van der Waals surface area contributed by atoms with Gasteiger partial charge < -0.3 is 14.8 Å². The van der Waals surface area contributed by atoms with E-state index < -0.39 is 5.82 Å². The van der Waals surface area contributed by atoms with Crippen molar-refractivity contribution in [3.05, 3.63) is 65.2 Å². The van der Waals surface area contributed by atoms with E-state index >= 15 is 0 Å². The standard InChI is InChI=1S/C22H17F2N5O2/c1-11-20(24)13(4-5-25-11)14-6-18-22(29-10-27-28-21(14)29)26-7-15-16(23)2-3-17-19(15)12(8-30-17)9-31-18/h2-6,10,12,26H,7-9H2,1H3/t12-/m1/s1. The van der Waals surface area contributed by atoms with Crippen molar-refractivity contribution < 1.29 is 18.3 Å². The molecule has 0 radical (unpaired) electrons. The Morgan fingerprint density at radius 3 is 2.81 bits per heavy atom. The Morgan fingerprint density at radius 1 is 1.10 bits per heavy atom. The van der Waals surface area contributed by atoms with Crippen LogP contribution >= 0.6 is 0 Å². The zero-order valence-electron chi connectivity index (χ0n) is 16.5. The van der Waals surface area contributed by atoms with Gasteiger partial charge in [0.05, 0.1) is 24.8 Å². The fourth-order valence-corrected chi connectivity index (χ4v) is 4.34. The summed E-state index contributed by atoms with van der Waals surface area (Å²) >= 11 is 0. The molecule has 0 unspecified atom stereocenters. The number of anilines is 1. The molecule has 1 N–H and O–H groups in total. The number of nitrogens with one attached hydrogen (secondary N) is 1. The maximum absolute atomic E-state index is 14.9. The number of pyridine rings is 2. The van der Waals surface area contributed by atoms with Gasteiger partial charge in [-0.2, -0.15) is 0 Å². The van der Waals surface area contributed by atoms with Crippen molar-refractivity contribution in [3.8, 4) is 22.6 Å². The van der Waals surface area contributed by atoms with Crippen LogP contribution in [0, 0.1) is 18.6 Å². The molecule has 0 aliphatic carbocycles. The van der Waals surface area contributed by atoms with E-state index in [1.54, 1.807) is 35.7 Å². The highest BCUT2D eigenvalue weighted by Crippen LogP contribution is 2.42. The van der Waals surface area contributed by atoms with Crippen LogP contribution in [0.3, 0.4) is 0 Å². The van der Waals surface area contributed by atoms with Crippen molar-refractivity contribution in [2.45, 2.75) is 19.4 Å². The van der Waals surface area contributed by atoms with Crippen molar-refractivity contribution in [1.29, 1.82) is 0 Å². The second-order valence-corrected chi connectivity index (χ2v) is 7.66. The Bertz CT molecular complexity index is 1350. The molecule has 0 bridgehead atoms. The third kappa shape index (κ3) is 2.66. The lowest BCUT2D eigenvalue weighted by atomic mass is 9.96. The Balaban J connectivity index is 1.54. The highest BCUT2D eigenvalue weighted by atomic mass is 19.1. The molecule has 2 aliphatic rings. The average Bonchev–Trinajstić information content (AvgIpc) is 3.41. The summed E-state index contributed by atoms with van der Waals surface area (Å²) < 4.78 is 43.2. The fraction of sp³-hybridized carbons (Fsp3) is 0.227. The number of aryl methyl sites for hydroxylation is 1. The van der Waals surface area contributed by atoms with Gasteiger partial charge in [0.2, 0.25) is 0 Å². The molecule has 0 fully saturated rings. The van der Waals surface area contributed by atoms with Crippen molar-refractivity contribution in [2.24, 2.45) is 0 Å². The van der Waals surface area contributed by atoms with Crippen LogP contribution < -0.4 is 14.8 Å². The number of halogens is 2. The van der Waals surface area contributed by atoms with E-state index in [1.807, 2.05) is 0 Å². The first kappa shape index (κ1) is 18.1. The summed E-state index contributed by atoms with van der Waals surface area (Å²) in [6.45, 7) is 2.56. The minimum absolute atomic E-state index is 0.103. The highest BCUT2D eigenvalue weighted by molar-refractivity contribution is 5.82. The first-order valence-electron chi connectivity index (χ1n) is 9.90. The molecule has 0 amide bonds. The van der Waals surface area contributed by atoms with E-state index in [-0.39, 0.29) is 18.3 Å². The maximum atomic E-state index is 14.9. The molecular weight excluding hydrogens is 404 g/mol. The van der Waals surface area contributed by atoms with Gasteiger partial charge in [-0.15, -0.1) is 10.2 Å². The molecule has 156 valence electrons. The van der Waals surface area contributed by atoms with E-state index in [0.717, 1.165) is 5.56 Å². The summed E-state index contributed by atoms with van der Waals surface area (Å²) in [5.41, 5.74) is 3.03. The molecule has 9 heteroatoms. The van der Waals surface area contributed by atoms with Gasteiger partial charge in [-0.1, -0.05) is 0 Å². The minimum atomic E-state index is -0.424. The molecule has 6 rings (SSSR count). The molecule has 0 saturated heterocycles. The molecule has 4 aromatic rings. The summed E-state index contributed by atoms with van der Waals surface area (Å²) in [5.74, 6) is 0.934. The van der Waals surface area contributed by atoms with Gasteiger partial charge in [0.1, 0.15) is 17.9 Å². The van der Waals surface area contributed by atoms with Gasteiger partial charge in [-0.3, -0.25) is 9.38 Å². The summed E-state index contributed by atoms with van der Waals surface area (Å²) in [6, 6.07) is 6.42. The van der Waals surface area contributed by atoms with Gasteiger partial charge in [-0.25, -0.2) is 8.78 Å². The Morgan fingerprint density at radius 2 is 1.94 bits per heavy atom. The number of hydrogen-bond acceptors (Lipinski definition) is 6. The maximum Gasteiger partial charge on any atom is 0.170 e. The predicted molar refractivity (Wildman–Crippen MR) is 108 cm³/mol. The molecule has 0 spiro atoms. The van der Waals surface area contributed by atoms with Crippen LogP contribution in [-0.4, -0.2) is 32.8 Å². The van der Waals surface area contributed by atoms with Gasteiger partial charge in [-0.05, 0) is 31.2 Å². The third-order valence-electron chi connectivity index (χ3n) is 5.87. The van der Waals surface area contributed by atoms with E-state index in [9.17, 15) is 8.78 Å². The van der Waals surface area contributed by atoms with Gasteiger partial charge in [0, 0.05) is 35.0 Å². The zero-order chi connectivity index (χ0) is 21.1.